The number of aromatic nitrogens is 1. The van der Waals surface area contributed by atoms with Crippen LogP contribution < -0.4 is 21.1 Å². The fraction of sp³-hybridized carbons (Fsp3) is 0.143. The Kier molecular flexibility index (Phi) is 8.04. The number of hydrogen-bond acceptors (Lipinski definition) is 5. The molecular formula is C21H18Cl3FN4O4. The van der Waals surface area contributed by atoms with Crippen molar-refractivity contribution >= 4 is 52.3 Å². The largest absolute Gasteiger partial charge is 0.453 e. The average Bonchev–Trinajstić information content (AvgIpc) is 3.15. The van der Waals surface area contributed by atoms with E-state index in [-0.39, 0.29) is 58.1 Å². The van der Waals surface area contributed by atoms with Crippen LogP contribution in [-0.2, 0) is 6.54 Å². The molecular weight excluding hydrogens is 498 g/mol. The van der Waals surface area contributed by atoms with Gasteiger partial charge < -0.3 is 31.2 Å². The van der Waals surface area contributed by atoms with Gasteiger partial charge in [0.2, 0.25) is 0 Å². The van der Waals surface area contributed by atoms with Crippen molar-refractivity contribution in [3.63, 3.8) is 0 Å². The molecule has 0 saturated heterocycles. The van der Waals surface area contributed by atoms with E-state index in [0.717, 1.165) is 0 Å². The third-order valence-corrected chi connectivity index (χ3v) is 5.28. The molecule has 0 atom stereocenters. The monoisotopic (exact) mass is 514 g/mol. The minimum Gasteiger partial charge on any atom is -0.453 e. The summed E-state index contributed by atoms with van der Waals surface area (Å²) in [5.74, 6) is -2.09. The van der Waals surface area contributed by atoms with Gasteiger partial charge in [0.15, 0.2) is 11.6 Å². The lowest BCUT2D eigenvalue weighted by Gasteiger charge is -2.13. The number of rotatable bonds is 8. The van der Waals surface area contributed by atoms with Crippen LogP contribution in [0.3, 0.4) is 0 Å². The number of halogens is 4. The number of anilines is 1. The number of amides is 2. The molecule has 8 nitrogen and oxygen atoms in total. The molecule has 0 saturated carbocycles. The first kappa shape index (κ1) is 24.7. The van der Waals surface area contributed by atoms with Crippen LogP contribution in [0.1, 0.15) is 26.4 Å². The number of nitrogen functional groups attached to an aromatic ring is 1. The van der Waals surface area contributed by atoms with Crippen LogP contribution in [-0.4, -0.2) is 35.1 Å². The number of H-pyrrole nitrogens is 1. The van der Waals surface area contributed by atoms with Gasteiger partial charge >= 0.3 is 0 Å². The van der Waals surface area contributed by atoms with Crippen LogP contribution in [0.4, 0.5) is 10.1 Å². The predicted octanol–water partition coefficient (Wildman–Crippen LogP) is 4.14. The van der Waals surface area contributed by atoms with Gasteiger partial charge in [0, 0.05) is 41.6 Å². The van der Waals surface area contributed by atoms with Gasteiger partial charge in [0.1, 0.15) is 11.4 Å². The molecule has 0 spiro atoms. The zero-order chi connectivity index (χ0) is 24.1. The fourth-order valence-electron chi connectivity index (χ4n) is 2.83. The summed E-state index contributed by atoms with van der Waals surface area (Å²) in [7, 11) is 0. The molecule has 0 bridgehead atoms. The van der Waals surface area contributed by atoms with Gasteiger partial charge in [0.25, 0.3) is 11.8 Å². The Hall–Kier alpha value is -2.98. The van der Waals surface area contributed by atoms with Gasteiger partial charge in [-0.2, -0.15) is 0 Å². The molecule has 3 aromatic rings. The Balaban J connectivity index is 1.74. The topological polar surface area (TPSA) is 129 Å². The average molecular weight is 516 g/mol. The highest BCUT2D eigenvalue weighted by molar-refractivity contribution is 6.36. The quantitative estimate of drug-likeness (QED) is 0.288. The molecule has 1 aromatic heterocycles. The van der Waals surface area contributed by atoms with Crippen LogP contribution in [0.2, 0.25) is 15.1 Å². The molecule has 174 valence electrons. The van der Waals surface area contributed by atoms with Gasteiger partial charge in [-0.1, -0.05) is 40.9 Å². The van der Waals surface area contributed by atoms with Crippen molar-refractivity contribution in [3.05, 3.63) is 74.2 Å². The van der Waals surface area contributed by atoms with E-state index in [1.54, 1.807) is 0 Å². The SMILES string of the molecule is Nc1cc(Cl)cc(Oc2c(Cl)ccc(CNC(=O)c3[nH]cc(C(=O)NCCO)c3Cl)c2F)c1. The number of hydrogen-bond donors (Lipinski definition) is 5. The molecule has 33 heavy (non-hydrogen) atoms. The second-order valence-corrected chi connectivity index (χ2v) is 7.95. The summed E-state index contributed by atoms with van der Waals surface area (Å²) in [6.45, 7) is -0.439. The minimum atomic E-state index is -0.789. The summed E-state index contributed by atoms with van der Waals surface area (Å²) in [4.78, 5) is 27.1. The molecule has 3 rings (SSSR count). The number of aromatic amines is 1. The van der Waals surface area contributed by atoms with E-state index in [2.05, 4.69) is 15.6 Å². The summed E-state index contributed by atoms with van der Waals surface area (Å²) in [5.41, 5.74) is 6.09. The molecule has 0 radical (unpaired) electrons. The Bertz CT molecular complexity index is 1180. The van der Waals surface area contributed by atoms with Crippen LogP contribution >= 0.6 is 34.8 Å². The molecule has 1 heterocycles. The van der Waals surface area contributed by atoms with E-state index in [0.29, 0.717) is 10.7 Å². The van der Waals surface area contributed by atoms with Crippen molar-refractivity contribution in [1.82, 2.24) is 15.6 Å². The molecule has 0 fully saturated rings. The van der Waals surface area contributed by atoms with Crippen LogP contribution in [0, 0.1) is 5.82 Å². The standard InChI is InChI=1S/C21H18Cl3FN4O4/c22-11-5-12(26)7-13(6-11)33-19-15(23)2-1-10(17(19)25)8-29-21(32)18-16(24)14(9-28-18)20(31)27-3-4-30/h1-2,5-7,9,28,30H,3-4,8,26H2,(H,27,31)(H,29,32). The summed E-state index contributed by atoms with van der Waals surface area (Å²) in [6.07, 6.45) is 1.26. The van der Waals surface area contributed by atoms with Crippen molar-refractivity contribution in [2.45, 2.75) is 6.54 Å². The van der Waals surface area contributed by atoms with Crippen molar-refractivity contribution in [2.24, 2.45) is 0 Å². The predicted molar refractivity (Wildman–Crippen MR) is 124 cm³/mol. The molecule has 2 aromatic carbocycles. The molecule has 0 unspecified atom stereocenters. The highest BCUT2D eigenvalue weighted by Crippen LogP contribution is 2.35. The number of carbonyl (C=O) groups is 2. The highest BCUT2D eigenvalue weighted by atomic mass is 35.5. The maximum Gasteiger partial charge on any atom is 0.269 e. The maximum atomic E-state index is 15.0. The van der Waals surface area contributed by atoms with E-state index in [9.17, 15) is 9.59 Å². The Morgan fingerprint density at radius 3 is 2.58 bits per heavy atom. The van der Waals surface area contributed by atoms with Gasteiger partial charge in [-0.3, -0.25) is 9.59 Å². The van der Waals surface area contributed by atoms with E-state index >= 15 is 4.39 Å². The number of nitrogens with one attached hydrogen (secondary N) is 3. The van der Waals surface area contributed by atoms with Crippen LogP contribution in [0.25, 0.3) is 0 Å². The number of aliphatic hydroxyl groups is 1. The lowest BCUT2D eigenvalue weighted by molar-refractivity contribution is 0.0942. The van der Waals surface area contributed by atoms with E-state index in [1.165, 1.54) is 36.5 Å². The molecule has 0 aliphatic rings. The zero-order valence-electron chi connectivity index (χ0n) is 16.8. The van der Waals surface area contributed by atoms with Crippen molar-refractivity contribution in [2.75, 3.05) is 18.9 Å². The zero-order valence-corrected chi connectivity index (χ0v) is 19.1. The first-order valence-corrected chi connectivity index (χ1v) is 10.6. The molecule has 0 aliphatic carbocycles. The summed E-state index contributed by atoms with van der Waals surface area (Å²) < 4.78 is 20.6. The third kappa shape index (κ3) is 5.88. The van der Waals surface area contributed by atoms with Crippen molar-refractivity contribution < 1.29 is 23.8 Å². The van der Waals surface area contributed by atoms with Crippen molar-refractivity contribution in [1.29, 1.82) is 0 Å². The van der Waals surface area contributed by atoms with Gasteiger partial charge in [-0.25, -0.2) is 4.39 Å². The second-order valence-electron chi connectivity index (χ2n) is 6.73. The lowest BCUT2D eigenvalue weighted by Crippen LogP contribution is -2.26. The van der Waals surface area contributed by atoms with E-state index in [1.807, 2.05) is 0 Å². The van der Waals surface area contributed by atoms with Gasteiger partial charge in [0.05, 0.1) is 22.2 Å². The number of carbonyl (C=O) groups excluding carboxylic acids is 2. The molecule has 0 aliphatic heterocycles. The summed E-state index contributed by atoms with van der Waals surface area (Å²) in [6, 6.07) is 7.22. The first-order valence-electron chi connectivity index (χ1n) is 9.46. The summed E-state index contributed by atoms with van der Waals surface area (Å²) in [5, 5.41) is 13.9. The maximum absolute atomic E-state index is 15.0. The molecule has 6 N–H and O–H groups in total. The van der Waals surface area contributed by atoms with E-state index in [4.69, 9.17) is 50.4 Å². The Morgan fingerprint density at radius 1 is 1.12 bits per heavy atom. The fourth-order valence-corrected chi connectivity index (χ4v) is 3.53. The second kappa shape index (κ2) is 10.8. The Labute approximate surface area is 202 Å². The van der Waals surface area contributed by atoms with Gasteiger partial charge in [-0.15, -0.1) is 0 Å². The first-order chi connectivity index (χ1) is 15.7. The molecule has 12 heteroatoms. The number of nitrogens with two attached hydrogens (primary N) is 1. The summed E-state index contributed by atoms with van der Waals surface area (Å²) >= 11 is 18.2. The Morgan fingerprint density at radius 2 is 1.88 bits per heavy atom. The normalized spacial score (nSPS) is 10.7. The number of ether oxygens (including phenoxy) is 1. The van der Waals surface area contributed by atoms with E-state index < -0.39 is 17.6 Å². The minimum absolute atomic E-state index is 0.00655. The molecule has 2 amide bonds. The number of benzene rings is 2. The lowest BCUT2D eigenvalue weighted by atomic mass is 10.2. The van der Waals surface area contributed by atoms with Crippen LogP contribution in [0.15, 0.2) is 36.5 Å². The van der Waals surface area contributed by atoms with Gasteiger partial charge in [-0.05, 0) is 18.2 Å². The highest BCUT2D eigenvalue weighted by Gasteiger charge is 2.21. The number of aliphatic hydroxyl groups excluding tert-OH is 1. The van der Waals surface area contributed by atoms with Crippen LogP contribution in [0.5, 0.6) is 11.5 Å². The third-order valence-electron chi connectivity index (χ3n) is 4.37. The van der Waals surface area contributed by atoms with Crippen molar-refractivity contribution in [3.8, 4) is 11.5 Å². The smallest absolute Gasteiger partial charge is 0.269 e.